The van der Waals surface area contributed by atoms with Gasteiger partial charge in [0.15, 0.2) is 5.78 Å². The minimum Gasteiger partial charge on any atom is -0.390 e. The molecular formula is C23H17Cl2N5O2S2. The lowest BCUT2D eigenvalue weighted by atomic mass is 10.1. The highest BCUT2D eigenvalue weighted by atomic mass is 35.5. The number of nitrogens with two attached hydrogens (primary N) is 1. The zero-order valence-electron chi connectivity index (χ0n) is 17.9. The highest BCUT2D eigenvalue weighted by Crippen LogP contribution is 2.32. The number of aromatic amines is 1. The third-order valence-electron chi connectivity index (χ3n) is 4.70. The summed E-state index contributed by atoms with van der Waals surface area (Å²) in [5.41, 5.74) is 7.65. The Morgan fingerprint density at radius 1 is 0.971 bits per heavy atom. The van der Waals surface area contributed by atoms with Gasteiger partial charge in [0, 0.05) is 33.1 Å². The van der Waals surface area contributed by atoms with E-state index >= 15 is 0 Å². The molecule has 5 heterocycles. The van der Waals surface area contributed by atoms with Crippen LogP contribution in [0, 0.1) is 13.8 Å². The fraction of sp³-hybridized carbons (Fsp3) is 0.0870. The van der Waals surface area contributed by atoms with Crippen molar-refractivity contribution in [3.63, 3.8) is 0 Å². The lowest BCUT2D eigenvalue weighted by Crippen LogP contribution is -2.10. The Morgan fingerprint density at radius 2 is 1.65 bits per heavy atom. The van der Waals surface area contributed by atoms with Crippen LogP contribution in [0.3, 0.4) is 0 Å². The average molecular weight is 530 g/mol. The highest BCUT2D eigenvalue weighted by Gasteiger charge is 2.17. The number of aryl methyl sites for hydroxylation is 2. The van der Waals surface area contributed by atoms with Crippen molar-refractivity contribution in [3.05, 3.63) is 90.5 Å². The second kappa shape index (κ2) is 10.0. The highest BCUT2D eigenvalue weighted by molar-refractivity contribution is 7.18. The van der Waals surface area contributed by atoms with E-state index in [2.05, 4.69) is 19.9 Å². The Kier molecular flexibility index (Phi) is 7.08. The van der Waals surface area contributed by atoms with Crippen LogP contribution in [0.1, 0.15) is 25.7 Å². The maximum absolute atomic E-state index is 12.1. The van der Waals surface area contributed by atoms with Crippen molar-refractivity contribution in [2.75, 3.05) is 5.73 Å². The van der Waals surface area contributed by atoms with Crippen LogP contribution in [0.15, 0.2) is 53.6 Å². The van der Waals surface area contributed by atoms with E-state index in [0.717, 1.165) is 15.1 Å². The second-order valence-electron chi connectivity index (χ2n) is 7.14. The Balaban J connectivity index is 0.000000162. The number of anilines is 1. The Hall–Kier alpha value is -3.11. The van der Waals surface area contributed by atoms with Crippen molar-refractivity contribution < 1.29 is 4.79 Å². The SMILES string of the molecule is Cc1cc(C(=O)c2cccnc2Cl)c(N)s1.Cc1cc2c(-c3cccnc3Cl)[nH]c(=O)nc2s1. The molecule has 0 spiro atoms. The van der Waals surface area contributed by atoms with Gasteiger partial charge in [-0.25, -0.2) is 14.8 Å². The van der Waals surface area contributed by atoms with Crippen molar-refractivity contribution in [2.45, 2.75) is 13.8 Å². The quantitative estimate of drug-likeness (QED) is 0.221. The number of aromatic nitrogens is 4. The van der Waals surface area contributed by atoms with E-state index in [1.165, 1.54) is 22.7 Å². The number of ketones is 1. The summed E-state index contributed by atoms with van der Waals surface area (Å²) in [6.07, 6.45) is 3.16. The first-order chi connectivity index (χ1) is 16.2. The van der Waals surface area contributed by atoms with Gasteiger partial charge in [-0.2, -0.15) is 4.98 Å². The number of rotatable bonds is 3. The molecule has 0 radical (unpaired) electrons. The number of carbonyl (C=O) groups excluding carboxylic acids is 1. The summed E-state index contributed by atoms with van der Waals surface area (Å²) >= 11 is 14.8. The third-order valence-corrected chi connectivity index (χ3v) is 7.13. The zero-order chi connectivity index (χ0) is 24.4. The summed E-state index contributed by atoms with van der Waals surface area (Å²) in [4.78, 5) is 41.1. The molecule has 5 rings (SSSR count). The number of H-pyrrole nitrogens is 1. The molecule has 0 aliphatic heterocycles. The minimum absolute atomic E-state index is 0.181. The molecule has 0 aliphatic rings. The summed E-state index contributed by atoms with van der Waals surface area (Å²) < 4.78 is 0. The minimum atomic E-state index is -0.376. The largest absolute Gasteiger partial charge is 0.390 e. The Morgan fingerprint density at radius 3 is 2.29 bits per heavy atom. The molecule has 0 atom stereocenters. The average Bonchev–Trinajstić information content (AvgIpc) is 3.34. The second-order valence-corrected chi connectivity index (χ2v) is 10.4. The van der Waals surface area contributed by atoms with Crippen LogP contribution < -0.4 is 11.4 Å². The van der Waals surface area contributed by atoms with Crippen molar-refractivity contribution >= 4 is 66.9 Å². The lowest BCUT2D eigenvalue weighted by molar-refractivity contribution is 0.103. The van der Waals surface area contributed by atoms with Crippen molar-refractivity contribution in [1.82, 2.24) is 19.9 Å². The number of nitrogens with zero attached hydrogens (tertiary/aromatic N) is 3. The van der Waals surface area contributed by atoms with Crippen molar-refractivity contribution in [2.24, 2.45) is 0 Å². The maximum Gasteiger partial charge on any atom is 0.346 e. The van der Waals surface area contributed by atoms with Crippen molar-refractivity contribution in [1.29, 1.82) is 0 Å². The van der Waals surface area contributed by atoms with Crippen LogP contribution in [0.2, 0.25) is 10.3 Å². The van der Waals surface area contributed by atoms with E-state index < -0.39 is 0 Å². The molecule has 34 heavy (non-hydrogen) atoms. The van der Waals surface area contributed by atoms with Crippen LogP contribution in [0.5, 0.6) is 0 Å². The number of halogens is 2. The van der Waals surface area contributed by atoms with Gasteiger partial charge in [0.2, 0.25) is 0 Å². The zero-order valence-corrected chi connectivity index (χ0v) is 21.1. The van der Waals surface area contributed by atoms with E-state index in [0.29, 0.717) is 37.4 Å². The first-order valence-electron chi connectivity index (χ1n) is 9.87. The Labute approximate surface area is 212 Å². The first kappa shape index (κ1) is 24.0. The standard InChI is InChI=1S/C12H8ClN3OS.C11H9ClN2OS/c1-6-5-8-9(7-3-2-4-14-10(7)13)15-12(17)16-11(8)18-6;1-6-5-8(11(13)16-6)9(15)7-3-2-4-14-10(7)12/h2-5H,1H3,(H,15,16,17);2-5H,13H2,1H3. The van der Waals surface area contributed by atoms with Gasteiger partial charge in [0.05, 0.1) is 21.8 Å². The molecule has 172 valence electrons. The molecule has 0 aliphatic carbocycles. The first-order valence-corrected chi connectivity index (χ1v) is 12.3. The molecule has 7 nitrogen and oxygen atoms in total. The molecule has 0 amide bonds. The smallest absolute Gasteiger partial charge is 0.346 e. The summed E-state index contributed by atoms with van der Waals surface area (Å²) in [7, 11) is 0. The normalized spacial score (nSPS) is 10.7. The summed E-state index contributed by atoms with van der Waals surface area (Å²) in [6.45, 7) is 3.88. The van der Waals surface area contributed by atoms with Crippen LogP contribution in [-0.4, -0.2) is 25.7 Å². The molecule has 3 N–H and O–H groups in total. The number of nitrogens with one attached hydrogen (secondary N) is 1. The number of thiophene rings is 2. The topological polar surface area (TPSA) is 115 Å². The van der Waals surface area contributed by atoms with E-state index in [1.54, 1.807) is 36.7 Å². The lowest BCUT2D eigenvalue weighted by Gasteiger charge is -2.04. The van der Waals surface area contributed by atoms with Crippen LogP contribution in [0.4, 0.5) is 5.00 Å². The van der Waals surface area contributed by atoms with Crippen LogP contribution in [0.25, 0.3) is 21.5 Å². The van der Waals surface area contributed by atoms with Crippen LogP contribution >= 0.6 is 45.9 Å². The monoisotopic (exact) mass is 529 g/mol. The Bertz CT molecular complexity index is 1580. The fourth-order valence-electron chi connectivity index (χ4n) is 3.25. The van der Waals surface area contributed by atoms with Gasteiger partial charge < -0.3 is 10.7 Å². The van der Waals surface area contributed by atoms with Gasteiger partial charge in [-0.1, -0.05) is 23.2 Å². The number of hydrogen-bond donors (Lipinski definition) is 2. The summed E-state index contributed by atoms with van der Waals surface area (Å²) in [5, 5.41) is 1.98. The molecular weight excluding hydrogens is 513 g/mol. The van der Waals surface area contributed by atoms with Crippen LogP contribution in [-0.2, 0) is 0 Å². The van der Waals surface area contributed by atoms with Gasteiger partial charge in [-0.05, 0) is 50.2 Å². The van der Waals surface area contributed by atoms with E-state index in [4.69, 9.17) is 28.9 Å². The van der Waals surface area contributed by atoms with Gasteiger partial charge in [-0.3, -0.25) is 4.79 Å². The molecule has 5 aromatic heterocycles. The fourth-order valence-corrected chi connectivity index (χ4v) is 5.34. The molecule has 5 aromatic rings. The molecule has 11 heteroatoms. The summed E-state index contributed by atoms with van der Waals surface area (Å²) in [6, 6.07) is 10.7. The number of pyridine rings is 2. The molecule has 0 saturated carbocycles. The number of nitrogen functional groups attached to an aromatic ring is 1. The predicted molar refractivity (Wildman–Crippen MR) is 139 cm³/mol. The molecule has 0 aromatic carbocycles. The van der Waals surface area contributed by atoms with Gasteiger partial charge >= 0.3 is 5.69 Å². The number of hydrogen-bond acceptors (Lipinski definition) is 8. The van der Waals surface area contributed by atoms with Gasteiger partial charge in [-0.15, -0.1) is 22.7 Å². The third kappa shape index (κ3) is 5.02. The van der Waals surface area contributed by atoms with Gasteiger partial charge in [0.25, 0.3) is 0 Å². The molecule has 0 unspecified atom stereocenters. The number of fused-ring (bicyclic) bond motifs is 1. The molecule has 0 saturated heterocycles. The molecule has 0 fully saturated rings. The van der Waals surface area contributed by atoms with E-state index in [-0.39, 0.29) is 16.6 Å². The maximum atomic E-state index is 12.1. The molecule has 0 bridgehead atoms. The summed E-state index contributed by atoms with van der Waals surface area (Å²) in [5.74, 6) is -0.181. The van der Waals surface area contributed by atoms with E-state index in [1.807, 2.05) is 26.0 Å². The predicted octanol–water partition coefficient (Wildman–Crippen LogP) is 5.93. The van der Waals surface area contributed by atoms with Gasteiger partial charge in [0.1, 0.15) is 15.1 Å². The van der Waals surface area contributed by atoms with Crippen molar-refractivity contribution in [3.8, 4) is 11.3 Å². The van der Waals surface area contributed by atoms with E-state index in [9.17, 15) is 9.59 Å². The number of carbonyl (C=O) groups is 1.